The van der Waals surface area contributed by atoms with Crippen molar-refractivity contribution >= 4 is 64.0 Å². The zero-order valence-electron chi connectivity index (χ0n) is 55.7. The van der Waals surface area contributed by atoms with Gasteiger partial charge in [0.1, 0.15) is 42.2 Å². The van der Waals surface area contributed by atoms with Crippen LogP contribution in [0.5, 0.6) is 0 Å². The number of hydrogen-bond donors (Lipinski definition) is 4. The highest BCUT2D eigenvalue weighted by molar-refractivity contribution is 5.95. The Balaban J connectivity index is 0.000000178. The summed E-state index contributed by atoms with van der Waals surface area (Å²) in [6, 6.07) is 39.2. The monoisotopic (exact) mass is 1390 g/mol. The van der Waals surface area contributed by atoms with E-state index in [4.69, 9.17) is 36.5 Å². The SMILES string of the molecule is CC[C@H]1CN(c2ccc(-c3ccc(CN=[N+]=[N-])cc3)c(F)c2)C(=O)O1.CC[C@H]1CN(c2ccc(-c3ccc(Cn4nnc(C(N)=O)c4N)cc3)c(F)c2)C(=O)O1.CC[C@H]1CN(c2ccc(-c3ccc(Cn4nnc5c(=O)[nH]ccc54)cc3)c(F)c2)C(=O)O1.COC(OC)OC.N#CCC(N)=O. The van der Waals surface area contributed by atoms with Crippen molar-refractivity contribution < 1.29 is 65.6 Å². The first-order chi connectivity index (χ1) is 48.6. The molecule has 9 aromatic rings. The number of rotatable bonds is 20. The highest BCUT2D eigenvalue weighted by Crippen LogP contribution is 2.34. The van der Waals surface area contributed by atoms with Crippen molar-refractivity contribution in [2.24, 2.45) is 16.6 Å². The Hall–Kier alpha value is -12.2. The minimum Gasteiger partial charge on any atom is -0.444 e. The summed E-state index contributed by atoms with van der Waals surface area (Å²) in [7, 11) is 4.53. The number of carbonyl (C=O) groups excluding carboxylic acids is 5. The summed E-state index contributed by atoms with van der Waals surface area (Å²) in [4.78, 5) is 78.2. The third kappa shape index (κ3) is 19.1. The molecule has 32 heteroatoms. The van der Waals surface area contributed by atoms with Crippen LogP contribution in [0.4, 0.5) is 50.4 Å². The Morgan fingerprint density at radius 3 is 1.34 bits per heavy atom. The summed E-state index contributed by atoms with van der Waals surface area (Å²) >= 11 is 0. The Bertz CT molecular complexity index is 4540. The number of fused-ring (bicyclic) bond motifs is 1. The number of pyridine rings is 1. The zero-order valence-corrected chi connectivity index (χ0v) is 55.7. The maximum atomic E-state index is 14.9. The molecule has 0 aliphatic carbocycles. The summed E-state index contributed by atoms with van der Waals surface area (Å²) in [6.45, 7) is 7.54. The largest absolute Gasteiger partial charge is 0.444 e. The van der Waals surface area contributed by atoms with E-state index in [0.717, 1.165) is 29.5 Å². The average molecular weight is 1390 g/mol. The molecule has 3 aliphatic rings. The van der Waals surface area contributed by atoms with E-state index in [-0.39, 0.29) is 54.9 Å². The van der Waals surface area contributed by atoms with Gasteiger partial charge in [-0.15, -0.1) is 10.2 Å². The average Bonchev–Trinajstić information content (AvgIpc) is 1.80. The van der Waals surface area contributed by atoms with E-state index in [0.29, 0.717) is 94.1 Å². The van der Waals surface area contributed by atoms with Gasteiger partial charge in [-0.05, 0) is 119 Å². The van der Waals surface area contributed by atoms with Crippen LogP contribution in [0, 0.1) is 28.8 Å². The molecule has 3 aliphatic heterocycles. The fourth-order valence-electron chi connectivity index (χ4n) is 10.4. The smallest absolute Gasteiger partial charge is 0.414 e. The maximum absolute atomic E-state index is 14.9. The Morgan fingerprint density at radius 1 is 0.624 bits per heavy atom. The van der Waals surface area contributed by atoms with Crippen molar-refractivity contribution in [2.75, 3.05) is 61.4 Å². The van der Waals surface area contributed by atoms with Gasteiger partial charge in [0, 0.05) is 49.1 Å². The Morgan fingerprint density at radius 2 is 1.02 bits per heavy atom. The lowest BCUT2D eigenvalue weighted by Crippen LogP contribution is -2.24. The fraction of sp³-hybridized carbons (Fsp3) is 0.290. The molecule has 0 bridgehead atoms. The number of anilines is 4. The van der Waals surface area contributed by atoms with Crippen LogP contribution < -0.4 is 37.5 Å². The minimum atomic E-state index is -0.745. The van der Waals surface area contributed by atoms with E-state index in [1.807, 2.05) is 45.0 Å². The second-order valence-electron chi connectivity index (χ2n) is 22.5. The molecule has 29 nitrogen and oxygen atoms in total. The second kappa shape index (κ2) is 35.4. The van der Waals surface area contributed by atoms with E-state index >= 15 is 0 Å². The van der Waals surface area contributed by atoms with Crippen LogP contribution in [0.3, 0.4) is 0 Å². The zero-order chi connectivity index (χ0) is 72.9. The molecule has 526 valence electrons. The van der Waals surface area contributed by atoms with Crippen molar-refractivity contribution in [1.82, 2.24) is 35.0 Å². The predicted octanol–water partition coefficient (Wildman–Crippen LogP) is 10.9. The molecular weight excluding hydrogens is 1320 g/mol. The number of carbonyl (C=O) groups is 5. The summed E-state index contributed by atoms with van der Waals surface area (Å²) in [5.41, 5.74) is 31.9. The van der Waals surface area contributed by atoms with Crippen molar-refractivity contribution in [3.63, 3.8) is 0 Å². The molecule has 0 spiro atoms. The standard InChI is InChI=1S/C23H20FN5O3.C21H21FN6O3.C18H17FN4O2.C4H10O3.C3H4N2O/c1-2-17-13-28(23(31)32-17)16-7-8-18(19(24)11-16)15-5-3-14(4-6-15)12-29-20-9-10-25-22(30)21(20)26-27-29;1-2-15-11-27(21(30)31-15)14-7-8-16(17(22)9-14)13-5-3-12(4-6-13)10-28-19(23)18(20(24)29)25-26-28;1-2-15-11-23(18(24)25-15)14-7-8-16(17(19)9-14)13-5-3-12(4-6-13)10-21-22-20;1-5-4(6-2)7-3;4-2-1-3(5)6/h3-11,17H,2,12-13H2,1H3,(H,25,30);3-9,15H,2,10-11,23H2,1H3,(H2,24,29);3-9,15H,2,10-11H2,1H3;4H,1-3H3;1H2,(H2,5,6)/t17-;2*15-;;/m000../s1. The quantitative estimate of drug-likeness (QED) is 0.0181. The number of H-pyrrole nitrogens is 1. The number of nitrogens with two attached hydrogens (primary N) is 3. The van der Waals surface area contributed by atoms with Gasteiger partial charge in [0.15, 0.2) is 17.0 Å². The van der Waals surface area contributed by atoms with Crippen LogP contribution >= 0.6 is 0 Å². The van der Waals surface area contributed by atoms with Crippen LogP contribution in [0.1, 0.15) is 73.6 Å². The van der Waals surface area contributed by atoms with E-state index in [2.05, 4.69) is 55.6 Å². The van der Waals surface area contributed by atoms with E-state index in [9.17, 15) is 41.9 Å². The lowest BCUT2D eigenvalue weighted by molar-refractivity contribution is -0.252. The number of primary amides is 2. The number of nitrogens with one attached hydrogen (secondary N) is 1. The number of cyclic esters (lactones) is 3. The molecule has 0 saturated carbocycles. The molecule has 0 unspecified atom stereocenters. The van der Waals surface area contributed by atoms with Gasteiger partial charge in [0.2, 0.25) is 5.91 Å². The number of nitrogens with zero attached hydrogens (tertiary/aromatic N) is 13. The van der Waals surface area contributed by atoms with Crippen LogP contribution in [-0.2, 0) is 52.8 Å². The molecule has 7 N–H and O–H groups in total. The number of azide groups is 1. The number of amides is 5. The molecule has 6 aromatic carbocycles. The van der Waals surface area contributed by atoms with Gasteiger partial charge < -0.3 is 50.6 Å². The number of ether oxygens (including phenoxy) is 6. The predicted molar refractivity (Wildman–Crippen MR) is 366 cm³/mol. The first-order valence-electron chi connectivity index (χ1n) is 31.4. The lowest BCUT2D eigenvalue weighted by Gasteiger charge is -2.14. The summed E-state index contributed by atoms with van der Waals surface area (Å²) in [5.74, 6) is -2.49. The third-order valence-corrected chi connectivity index (χ3v) is 15.8. The highest BCUT2D eigenvalue weighted by Gasteiger charge is 2.34. The summed E-state index contributed by atoms with van der Waals surface area (Å²) in [6.07, 6.45) is 1.68. The van der Waals surface area contributed by atoms with Gasteiger partial charge in [-0.1, -0.05) is 109 Å². The van der Waals surface area contributed by atoms with Crippen molar-refractivity contribution in [3.8, 4) is 39.4 Å². The number of nitrogen functional groups attached to an aromatic ring is 1. The normalized spacial score (nSPS) is 15.1. The molecule has 5 amide bonds. The molecule has 6 heterocycles. The van der Waals surface area contributed by atoms with Crippen molar-refractivity contribution in [1.29, 1.82) is 5.26 Å². The molecule has 3 aromatic heterocycles. The molecule has 3 fully saturated rings. The second-order valence-corrected chi connectivity index (χ2v) is 22.5. The number of aromatic nitrogens is 7. The molecule has 3 atom stereocenters. The first kappa shape index (κ1) is 74.6. The Kier molecular flexibility index (Phi) is 26.1. The van der Waals surface area contributed by atoms with Gasteiger partial charge in [-0.2, -0.15) is 5.26 Å². The molecule has 0 radical (unpaired) electrons. The molecular formula is C69H72F3N17O12. The maximum Gasteiger partial charge on any atom is 0.414 e. The highest BCUT2D eigenvalue weighted by atomic mass is 19.1. The molecule has 101 heavy (non-hydrogen) atoms. The van der Waals surface area contributed by atoms with Crippen LogP contribution in [0.2, 0.25) is 0 Å². The third-order valence-electron chi connectivity index (χ3n) is 15.8. The van der Waals surface area contributed by atoms with Gasteiger partial charge in [0.05, 0.1) is 67.9 Å². The number of methoxy groups -OCH3 is 3. The fourth-order valence-corrected chi connectivity index (χ4v) is 10.4. The van der Waals surface area contributed by atoms with Crippen molar-refractivity contribution in [2.45, 2.75) is 90.9 Å². The number of aromatic amines is 1. The molecule has 12 rings (SSSR count). The number of nitriles is 1. The van der Waals surface area contributed by atoms with Gasteiger partial charge in [0.25, 0.3) is 17.9 Å². The first-order valence-corrected chi connectivity index (χ1v) is 31.4. The van der Waals surface area contributed by atoms with E-state index in [1.165, 1.54) is 58.9 Å². The minimum absolute atomic E-state index is 0.0778. The van der Waals surface area contributed by atoms with Gasteiger partial charge in [-0.3, -0.25) is 29.1 Å². The lowest BCUT2D eigenvalue weighted by atomic mass is 10.0. The van der Waals surface area contributed by atoms with Crippen LogP contribution in [-0.4, -0.2) is 131 Å². The number of benzene rings is 6. The topological polar surface area (TPSA) is 395 Å². The summed E-state index contributed by atoms with van der Waals surface area (Å²) in [5, 5.41) is 26.7. The number of halogens is 3. The van der Waals surface area contributed by atoms with E-state index < -0.39 is 54.0 Å². The van der Waals surface area contributed by atoms with Crippen LogP contribution in [0.25, 0.3) is 54.9 Å². The molecule has 3 saturated heterocycles. The van der Waals surface area contributed by atoms with Gasteiger partial charge >= 0.3 is 18.3 Å². The van der Waals surface area contributed by atoms with Gasteiger partial charge in [-0.25, -0.2) is 36.9 Å². The number of hydrogen-bond acceptors (Lipinski definition) is 19. The Labute approximate surface area is 576 Å². The van der Waals surface area contributed by atoms with Crippen molar-refractivity contribution in [3.05, 3.63) is 200 Å². The van der Waals surface area contributed by atoms with E-state index in [1.54, 1.807) is 108 Å². The van der Waals surface area contributed by atoms with Crippen LogP contribution in [0.15, 0.2) is 150 Å². The summed E-state index contributed by atoms with van der Waals surface area (Å²) < 4.78 is 76.8.